The molecule has 0 aromatic heterocycles. The number of rotatable bonds is 2. The molecule has 0 atom stereocenters. The Hall–Kier alpha value is -3.04. The summed E-state index contributed by atoms with van der Waals surface area (Å²) in [6.45, 7) is 0. The normalized spacial score (nSPS) is 20.6. The smallest absolute Gasteiger partial charge is 0.281 e. The van der Waals surface area contributed by atoms with Crippen LogP contribution in [0.5, 0.6) is 0 Å². The summed E-state index contributed by atoms with van der Waals surface area (Å²) < 4.78 is 0. The minimum atomic E-state index is -0.977. The number of nitrogens with zero attached hydrogens (tertiary/aromatic N) is 2. The fourth-order valence-electron chi connectivity index (χ4n) is 1.50. The molecule has 0 fully saturated rings. The molecule has 0 unspecified atom stereocenters. The van der Waals surface area contributed by atoms with E-state index in [1.165, 1.54) is 0 Å². The van der Waals surface area contributed by atoms with Gasteiger partial charge in [-0.25, -0.2) is 0 Å². The summed E-state index contributed by atoms with van der Waals surface area (Å²) >= 11 is 0. The molecule has 0 saturated carbocycles. The number of nitrogens with one attached hydrogen (secondary N) is 2. The van der Waals surface area contributed by atoms with Crippen molar-refractivity contribution >= 4 is 23.6 Å². The molecule has 20 heavy (non-hydrogen) atoms. The third-order valence-electron chi connectivity index (χ3n) is 2.39. The van der Waals surface area contributed by atoms with E-state index in [1.54, 1.807) is 0 Å². The van der Waals surface area contributed by atoms with Crippen LogP contribution < -0.4 is 10.6 Å². The van der Waals surface area contributed by atoms with Gasteiger partial charge in [0, 0.05) is 0 Å². The van der Waals surface area contributed by atoms with E-state index >= 15 is 0 Å². The summed E-state index contributed by atoms with van der Waals surface area (Å²) in [5, 5.41) is 29.3. The van der Waals surface area contributed by atoms with Gasteiger partial charge in [-0.3, -0.25) is 29.8 Å². The molecule has 0 bridgehead atoms. The van der Waals surface area contributed by atoms with Crippen LogP contribution in [-0.2, 0) is 19.2 Å². The van der Waals surface area contributed by atoms with Crippen molar-refractivity contribution < 1.29 is 29.4 Å². The van der Waals surface area contributed by atoms with Gasteiger partial charge in [-0.15, -0.1) is 10.2 Å². The Bertz CT molecular complexity index is 576. The first-order chi connectivity index (χ1) is 9.38. The molecule has 0 aromatic rings. The van der Waals surface area contributed by atoms with Crippen molar-refractivity contribution in [1.29, 1.82) is 0 Å². The Morgan fingerprint density at radius 2 is 1.10 bits per heavy atom. The van der Waals surface area contributed by atoms with Crippen LogP contribution >= 0.6 is 0 Å². The lowest BCUT2D eigenvalue weighted by atomic mass is 10.2. The third kappa shape index (κ3) is 2.53. The maximum Gasteiger partial charge on any atom is 0.281 e. The Labute approximate surface area is 110 Å². The van der Waals surface area contributed by atoms with Crippen LogP contribution in [0.2, 0.25) is 0 Å². The van der Waals surface area contributed by atoms with Crippen LogP contribution in [0, 0.1) is 0 Å². The lowest BCUT2D eigenvalue weighted by molar-refractivity contribution is -0.131. The highest BCUT2D eigenvalue weighted by atomic mass is 16.3. The van der Waals surface area contributed by atoms with E-state index in [0.29, 0.717) is 0 Å². The van der Waals surface area contributed by atoms with E-state index in [4.69, 9.17) is 0 Å². The zero-order valence-electron chi connectivity index (χ0n) is 9.84. The van der Waals surface area contributed by atoms with Crippen molar-refractivity contribution in [2.45, 2.75) is 12.8 Å². The van der Waals surface area contributed by atoms with Crippen molar-refractivity contribution in [3.8, 4) is 0 Å². The number of amides is 4. The zero-order chi connectivity index (χ0) is 14.9. The second-order valence-electron chi connectivity index (χ2n) is 3.90. The SMILES string of the molecule is O=C1CC(O)=C(N=NC2=C(O)CC(=O)NC2=O)C(=O)N1. The first-order valence-electron chi connectivity index (χ1n) is 5.33. The van der Waals surface area contributed by atoms with Gasteiger partial charge in [0.1, 0.15) is 11.5 Å². The average molecular weight is 280 g/mol. The standard InChI is InChI=1S/C10H8N4O6/c15-3-1-5(17)11-9(19)7(3)13-14-8-4(16)2-6(18)12-10(8)20/h15-16H,1-2H2,(H,11,17,19)(H,12,18,20). The van der Waals surface area contributed by atoms with Crippen LogP contribution in [0.3, 0.4) is 0 Å². The van der Waals surface area contributed by atoms with E-state index in [9.17, 15) is 29.4 Å². The van der Waals surface area contributed by atoms with Crippen molar-refractivity contribution in [1.82, 2.24) is 10.6 Å². The molecule has 10 heteroatoms. The van der Waals surface area contributed by atoms with Gasteiger partial charge in [0.15, 0.2) is 11.4 Å². The van der Waals surface area contributed by atoms with Crippen LogP contribution in [0.4, 0.5) is 0 Å². The predicted octanol–water partition coefficient (Wildman–Crippen LogP) is -0.929. The summed E-state index contributed by atoms with van der Waals surface area (Å²) in [6.07, 6.45) is -0.897. The molecule has 0 radical (unpaired) electrons. The molecule has 104 valence electrons. The van der Waals surface area contributed by atoms with Gasteiger partial charge >= 0.3 is 0 Å². The fourth-order valence-corrected chi connectivity index (χ4v) is 1.50. The first kappa shape index (κ1) is 13.4. The molecule has 2 heterocycles. The topological polar surface area (TPSA) is 158 Å². The number of aliphatic hydroxyl groups excluding tert-OH is 2. The number of hydrogen-bond acceptors (Lipinski definition) is 8. The van der Waals surface area contributed by atoms with Crippen LogP contribution in [0.1, 0.15) is 12.8 Å². The highest BCUT2D eigenvalue weighted by molar-refractivity contribution is 6.09. The number of imide groups is 2. The molecule has 10 nitrogen and oxygen atoms in total. The minimum absolute atomic E-state index is 0.449. The quantitative estimate of drug-likeness (QED) is 0.378. The molecule has 4 N–H and O–H groups in total. The van der Waals surface area contributed by atoms with Crippen molar-refractivity contribution in [3.05, 3.63) is 22.9 Å². The first-order valence-corrected chi connectivity index (χ1v) is 5.33. The predicted molar refractivity (Wildman–Crippen MR) is 59.7 cm³/mol. The van der Waals surface area contributed by atoms with Crippen molar-refractivity contribution in [2.75, 3.05) is 0 Å². The van der Waals surface area contributed by atoms with E-state index in [1.807, 2.05) is 10.6 Å². The minimum Gasteiger partial charge on any atom is -0.509 e. The van der Waals surface area contributed by atoms with Crippen LogP contribution in [0.15, 0.2) is 33.1 Å². The highest BCUT2D eigenvalue weighted by Crippen LogP contribution is 2.17. The van der Waals surface area contributed by atoms with E-state index in [0.717, 1.165) is 0 Å². The van der Waals surface area contributed by atoms with Gasteiger partial charge in [-0.05, 0) is 0 Å². The Morgan fingerprint density at radius 1 is 0.750 bits per heavy atom. The largest absolute Gasteiger partial charge is 0.509 e. The average Bonchev–Trinajstić information content (AvgIpc) is 2.30. The number of azo groups is 1. The zero-order valence-corrected chi connectivity index (χ0v) is 9.84. The van der Waals surface area contributed by atoms with Crippen LogP contribution in [-0.4, -0.2) is 33.8 Å². The third-order valence-corrected chi connectivity index (χ3v) is 2.39. The molecule has 4 amide bonds. The monoisotopic (exact) mass is 280 g/mol. The second kappa shape index (κ2) is 4.91. The Balaban J connectivity index is 2.30. The number of carbonyl (C=O) groups is 4. The number of carbonyl (C=O) groups excluding carboxylic acids is 4. The molecule has 2 rings (SSSR count). The lowest BCUT2D eigenvalue weighted by Crippen LogP contribution is -2.37. The molecule has 0 aromatic carbocycles. The second-order valence-corrected chi connectivity index (χ2v) is 3.90. The number of hydrogen-bond donors (Lipinski definition) is 4. The molecule has 0 spiro atoms. The van der Waals surface area contributed by atoms with Gasteiger partial charge in [-0.1, -0.05) is 0 Å². The molecular weight excluding hydrogens is 272 g/mol. The summed E-state index contributed by atoms with van der Waals surface area (Å²) in [5.74, 6) is -4.56. The van der Waals surface area contributed by atoms with E-state index in [2.05, 4.69) is 10.2 Å². The number of aliphatic hydroxyl groups is 2. The Morgan fingerprint density at radius 3 is 1.40 bits per heavy atom. The van der Waals surface area contributed by atoms with Gasteiger partial charge in [0.05, 0.1) is 12.8 Å². The molecule has 0 aliphatic carbocycles. The van der Waals surface area contributed by atoms with E-state index < -0.39 is 59.4 Å². The molecule has 2 aliphatic rings. The van der Waals surface area contributed by atoms with Crippen molar-refractivity contribution in [2.24, 2.45) is 10.2 Å². The summed E-state index contributed by atoms with van der Waals surface area (Å²) in [5.41, 5.74) is -1.09. The summed E-state index contributed by atoms with van der Waals surface area (Å²) in [7, 11) is 0. The fraction of sp³-hybridized carbons (Fsp3) is 0.200. The molecule has 2 aliphatic heterocycles. The van der Waals surface area contributed by atoms with Crippen molar-refractivity contribution in [3.63, 3.8) is 0 Å². The summed E-state index contributed by atoms with van der Waals surface area (Å²) in [6, 6.07) is 0. The molecular formula is C10H8N4O6. The lowest BCUT2D eigenvalue weighted by Gasteiger charge is -2.13. The Kier molecular flexibility index (Phi) is 3.29. The van der Waals surface area contributed by atoms with Gasteiger partial charge in [0.2, 0.25) is 11.8 Å². The highest BCUT2D eigenvalue weighted by Gasteiger charge is 2.28. The summed E-state index contributed by atoms with van der Waals surface area (Å²) in [4.78, 5) is 44.6. The molecule has 0 saturated heterocycles. The van der Waals surface area contributed by atoms with E-state index in [-0.39, 0.29) is 0 Å². The van der Waals surface area contributed by atoms with Crippen LogP contribution in [0.25, 0.3) is 0 Å². The van der Waals surface area contributed by atoms with Gasteiger partial charge in [-0.2, -0.15) is 0 Å². The maximum absolute atomic E-state index is 11.4. The van der Waals surface area contributed by atoms with Gasteiger partial charge < -0.3 is 10.2 Å². The van der Waals surface area contributed by atoms with Gasteiger partial charge in [0.25, 0.3) is 11.8 Å². The maximum atomic E-state index is 11.4.